The zero-order chi connectivity index (χ0) is 15.2. The fourth-order valence-electron chi connectivity index (χ4n) is 2.56. The van der Waals surface area contributed by atoms with Crippen LogP contribution in [0.25, 0.3) is 0 Å². The number of aliphatic carboxylic acids is 1. The summed E-state index contributed by atoms with van der Waals surface area (Å²) in [6.07, 6.45) is 3.81. The molecule has 0 aromatic heterocycles. The molecule has 1 rings (SSSR count). The van der Waals surface area contributed by atoms with Crippen LogP contribution in [0.4, 0.5) is 4.79 Å². The first-order chi connectivity index (χ1) is 9.41. The van der Waals surface area contributed by atoms with Crippen LogP contribution in [0.15, 0.2) is 0 Å². The molecule has 2 N–H and O–H groups in total. The van der Waals surface area contributed by atoms with Gasteiger partial charge in [0, 0.05) is 19.6 Å². The number of carboxylic acid groups (broad SMARTS) is 1. The highest BCUT2D eigenvalue weighted by molar-refractivity contribution is 5.86. The lowest BCUT2D eigenvalue weighted by Crippen LogP contribution is -2.59. The monoisotopic (exact) mass is 285 g/mol. The van der Waals surface area contributed by atoms with Gasteiger partial charge < -0.3 is 20.2 Å². The number of nitrogens with zero attached hydrogens (tertiary/aromatic N) is 2. The largest absolute Gasteiger partial charge is 0.480 e. The first-order valence-corrected chi connectivity index (χ1v) is 7.36. The maximum absolute atomic E-state index is 12.3. The molecular formula is C14H27N3O3. The van der Waals surface area contributed by atoms with E-state index in [2.05, 4.69) is 5.32 Å². The van der Waals surface area contributed by atoms with Crippen LogP contribution in [0.1, 0.15) is 39.0 Å². The van der Waals surface area contributed by atoms with Gasteiger partial charge in [0.1, 0.15) is 5.54 Å². The number of likely N-dealkylation sites (N-methyl/N-ethyl adjacent to an activating group) is 2. The Kier molecular flexibility index (Phi) is 6.26. The van der Waals surface area contributed by atoms with Crippen LogP contribution >= 0.6 is 0 Å². The Morgan fingerprint density at radius 1 is 1.15 bits per heavy atom. The van der Waals surface area contributed by atoms with Crippen molar-refractivity contribution in [3.63, 3.8) is 0 Å². The average Bonchev–Trinajstić information content (AvgIpc) is 2.40. The molecule has 0 radical (unpaired) electrons. The Labute approximate surface area is 121 Å². The molecule has 0 heterocycles. The first-order valence-electron chi connectivity index (χ1n) is 7.36. The van der Waals surface area contributed by atoms with Crippen LogP contribution in [0.2, 0.25) is 0 Å². The molecule has 0 unspecified atom stereocenters. The molecule has 6 heteroatoms. The van der Waals surface area contributed by atoms with E-state index in [0.717, 1.165) is 25.8 Å². The number of carboxylic acids is 1. The molecule has 1 aliphatic carbocycles. The van der Waals surface area contributed by atoms with Crippen molar-refractivity contribution in [1.82, 2.24) is 15.1 Å². The van der Waals surface area contributed by atoms with E-state index in [1.807, 2.05) is 25.9 Å². The minimum atomic E-state index is -1.07. The molecule has 20 heavy (non-hydrogen) atoms. The standard InChI is InChI=1S/C14H27N3O3/c1-4-17(11-10-16(2)3)13(20)15-14(12(18)19)8-6-5-7-9-14/h4-11H2,1-3H3,(H,15,20)(H,18,19). The predicted octanol–water partition coefficient (Wildman–Crippen LogP) is 1.37. The number of nitrogens with one attached hydrogen (secondary N) is 1. The van der Waals surface area contributed by atoms with Crippen molar-refractivity contribution < 1.29 is 14.7 Å². The summed E-state index contributed by atoms with van der Waals surface area (Å²) in [6, 6.07) is -0.265. The summed E-state index contributed by atoms with van der Waals surface area (Å²) in [5, 5.41) is 12.2. The molecule has 0 saturated heterocycles. The Morgan fingerprint density at radius 2 is 1.75 bits per heavy atom. The Balaban J connectivity index is 2.66. The first kappa shape index (κ1) is 16.8. The normalized spacial score (nSPS) is 17.8. The summed E-state index contributed by atoms with van der Waals surface area (Å²) in [5.74, 6) is -0.908. The van der Waals surface area contributed by atoms with Crippen LogP contribution in [-0.4, -0.2) is 66.2 Å². The van der Waals surface area contributed by atoms with Gasteiger partial charge in [-0.15, -0.1) is 0 Å². The van der Waals surface area contributed by atoms with Crippen molar-refractivity contribution in [3.8, 4) is 0 Å². The molecule has 0 aromatic carbocycles. The van der Waals surface area contributed by atoms with Gasteiger partial charge in [0.15, 0.2) is 0 Å². The van der Waals surface area contributed by atoms with Gasteiger partial charge in [-0.25, -0.2) is 9.59 Å². The van der Waals surface area contributed by atoms with Gasteiger partial charge in [0.2, 0.25) is 0 Å². The van der Waals surface area contributed by atoms with E-state index < -0.39 is 11.5 Å². The fourth-order valence-corrected chi connectivity index (χ4v) is 2.56. The van der Waals surface area contributed by atoms with Crippen molar-refractivity contribution >= 4 is 12.0 Å². The highest BCUT2D eigenvalue weighted by Gasteiger charge is 2.41. The highest BCUT2D eigenvalue weighted by atomic mass is 16.4. The number of rotatable bonds is 6. The van der Waals surface area contributed by atoms with E-state index in [1.165, 1.54) is 0 Å². The quantitative estimate of drug-likeness (QED) is 0.773. The summed E-state index contributed by atoms with van der Waals surface area (Å²) < 4.78 is 0. The van der Waals surface area contributed by atoms with Crippen molar-refractivity contribution in [2.75, 3.05) is 33.7 Å². The third-order valence-corrected chi connectivity index (χ3v) is 3.95. The van der Waals surface area contributed by atoms with Crippen LogP contribution in [0.3, 0.4) is 0 Å². The molecule has 1 aliphatic rings. The Morgan fingerprint density at radius 3 is 2.20 bits per heavy atom. The van der Waals surface area contributed by atoms with Crippen molar-refractivity contribution in [1.29, 1.82) is 0 Å². The molecule has 116 valence electrons. The lowest BCUT2D eigenvalue weighted by atomic mass is 9.82. The van der Waals surface area contributed by atoms with Gasteiger partial charge in [-0.1, -0.05) is 19.3 Å². The third kappa shape index (κ3) is 4.37. The molecule has 0 atom stereocenters. The van der Waals surface area contributed by atoms with E-state index in [4.69, 9.17) is 0 Å². The SMILES string of the molecule is CCN(CCN(C)C)C(=O)NC1(C(=O)O)CCCCC1. The second kappa shape index (κ2) is 7.47. The van der Waals surface area contributed by atoms with Gasteiger partial charge >= 0.3 is 12.0 Å². The second-order valence-corrected chi connectivity index (χ2v) is 5.76. The number of carbonyl (C=O) groups is 2. The average molecular weight is 285 g/mol. The number of urea groups is 1. The lowest BCUT2D eigenvalue weighted by Gasteiger charge is -2.36. The minimum Gasteiger partial charge on any atom is -0.480 e. The Bertz CT molecular complexity index is 339. The molecule has 1 saturated carbocycles. The number of amides is 2. The van der Waals surface area contributed by atoms with Crippen LogP contribution < -0.4 is 5.32 Å². The fraction of sp³-hybridized carbons (Fsp3) is 0.857. The minimum absolute atomic E-state index is 0.265. The zero-order valence-corrected chi connectivity index (χ0v) is 12.8. The number of hydrogen-bond acceptors (Lipinski definition) is 3. The molecule has 6 nitrogen and oxygen atoms in total. The topological polar surface area (TPSA) is 72.9 Å². The molecule has 0 bridgehead atoms. The van der Waals surface area contributed by atoms with Crippen molar-refractivity contribution in [2.45, 2.75) is 44.6 Å². The van der Waals surface area contributed by atoms with Crippen LogP contribution in [0, 0.1) is 0 Å². The maximum atomic E-state index is 12.3. The van der Waals surface area contributed by atoms with E-state index in [-0.39, 0.29) is 6.03 Å². The van der Waals surface area contributed by atoms with Gasteiger partial charge in [-0.05, 0) is 33.9 Å². The predicted molar refractivity (Wildman–Crippen MR) is 77.8 cm³/mol. The van der Waals surface area contributed by atoms with E-state index in [1.54, 1.807) is 4.90 Å². The van der Waals surface area contributed by atoms with E-state index in [9.17, 15) is 14.7 Å². The summed E-state index contributed by atoms with van der Waals surface area (Å²) in [6.45, 7) is 3.85. The molecule has 0 spiro atoms. The lowest BCUT2D eigenvalue weighted by molar-refractivity contribution is -0.146. The molecule has 2 amide bonds. The van der Waals surface area contributed by atoms with Gasteiger partial charge in [0.25, 0.3) is 0 Å². The zero-order valence-electron chi connectivity index (χ0n) is 12.8. The van der Waals surface area contributed by atoms with Crippen molar-refractivity contribution in [3.05, 3.63) is 0 Å². The summed E-state index contributed by atoms with van der Waals surface area (Å²) in [4.78, 5) is 27.5. The smallest absolute Gasteiger partial charge is 0.329 e. The molecule has 0 aliphatic heterocycles. The van der Waals surface area contributed by atoms with Gasteiger partial charge in [-0.2, -0.15) is 0 Å². The second-order valence-electron chi connectivity index (χ2n) is 5.76. The van der Waals surface area contributed by atoms with E-state index >= 15 is 0 Å². The summed E-state index contributed by atoms with van der Waals surface area (Å²) >= 11 is 0. The molecular weight excluding hydrogens is 258 g/mol. The van der Waals surface area contributed by atoms with Gasteiger partial charge in [-0.3, -0.25) is 0 Å². The van der Waals surface area contributed by atoms with Crippen LogP contribution in [0.5, 0.6) is 0 Å². The van der Waals surface area contributed by atoms with Crippen LogP contribution in [-0.2, 0) is 4.79 Å². The third-order valence-electron chi connectivity index (χ3n) is 3.95. The van der Waals surface area contributed by atoms with E-state index in [0.29, 0.717) is 25.9 Å². The summed E-state index contributed by atoms with van der Waals surface area (Å²) in [5.41, 5.74) is -1.07. The molecule has 1 fully saturated rings. The highest BCUT2D eigenvalue weighted by Crippen LogP contribution is 2.28. The van der Waals surface area contributed by atoms with Gasteiger partial charge in [0.05, 0.1) is 0 Å². The Hall–Kier alpha value is -1.30. The molecule has 0 aromatic rings. The van der Waals surface area contributed by atoms with Crippen molar-refractivity contribution in [2.24, 2.45) is 0 Å². The summed E-state index contributed by atoms with van der Waals surface area (Å²) in [7, 11) is 3.90. The number of hydrogen-bond donors (Lipinski definition) is 2. The number of carbonyl (C=O) groups excluding carboxylic acids is 1. The maximum Gasteiger partial charge on any atom is 0.329 e.